The van der Waals surface area contributed by atoms with Crippen molar-refractivity contribution in [2.45, 2.75) is 4.90 Å². The molecule has 0 fully saturated rings. The van der Waals surface area contributed by atoms with Crippen LogP contribution in [0.1, 0.15) is 0 Å². The summed E-state index contributed by atoms with van der Waals surface area (Å²) in [5.74, 6) is 0. The van der Waals surface area contributed by atoms with Crippen LogP contribution in [0, 0.1) is 0 Å². The molecule has 0 aliphatic heterocycles. The fourth-order valence-electron chi connectivity index (χ4n) is 0.692. The molecule has 0 spiro atoms. The molecule has 0 unspecified atom stereocenters. The predicted octanol–water partition coefficient (Wildman–Crippen LogP) is -0.142. The number of nitrogen functional groups attached to an aromatic ring is 1. The Morgan fingerprint density at radius 3 is 2.36 bits per heavy atom. The van der Waals surface area contributed by atoms with Crippen LogP contribution in [-0.4, -0.2) is 29.6 Å². The minimum atomic E-state index is -2.98. The molecule has 3 nitrogen and oxygen atoms in total. The Morgan fingerprint density at radius 1 is 1.36 bits per heavy atom. The first-order valence-electron chi connectivity index (χ1n) is 2.88. The van der Waals surface area contributed by atoms with Gasteiger partial charge in [-0.2, -0.15) is 0 Å². The summed E-state index contributed by atoms with van der Waals surface area (Å²) >= 11 is 0.196. The number of rotatable bonds is 1. The van der Waals surface area contributed by atoms with Crippen LogP contribution in [-0.2, 0) is 7.02 Å². The average molecular weight is 276 g/mol. The van der Waals surface area contributed by atoms with Gasteiger partial charge in [-0.25, -0.2) is 0 Å². The van der Waals surface area contributed by atoms with Crippen molar-refractivity contribution in [1.29, 1.82) is 0 Å². The predicted molar refractivity (Wildman–Crippen MR) is 45.2 cm³/mol. The monoisotopic (exact) mass is 277 g/mol. The molecular formula is C6H7NO2SSn. The summed E-state index contributed by atoms with van der Waals surface area (Å²) in [6, 6.07) is 6.32. The van der Waals surface area contributed by atoms with Crippen molar-refractivity contribution in [2.75, 3.05) is 5.73 Å². The molecule has 58 valence electrons. The van der Waals surface area contributed by atoms with Gasteiger partial charge in [-0.1, -0.05) is 0 Å². The van der Waals surface area contributed by atoms with Gasteiger partial charge < -0.3 is 0 Å². The first-order valence-corrected chi connectivity index (χ1v) is 8.47. The topological polar surface area (TPSA) is 60.2 Å². The van der Waals surface area contributed by atoms with Crippen LogP contribution >= 0.6 is 0 Å². The molecule has 5 heteroatoms. The van der Waals surface area contributed by atoms with E-state index in [0.29, 0.717) is 10.6 Å². The molecule has 0 aromatic heterocycles. The van der Waals surface area contributed by atoms with Crippen LogP contribution in [0.25, 0.3) is 0 Å². The maximum absolute atomic E-state index is 11.0. The van der Waals surface area contributed by atoms with Gasteiger partial charge in [-0.15, -0.1) is 0 Å². The van der Waals surface area contributed by atoms with Crippen LogP contribution in [0.2, 0.25) is 0 Å². The van der Waals surface area contributed by atoms with Gasteiger partial charge in [0.2, 0.25) is 0 Å². The van der Waals surface area contributed by atoms with Crippen molar-refractivity contribution in [3.63, 3.8) is 0 Å². The maximum atomic E-state index is 11.0. The van der Waals surface area contributed by atoms with E-state index >= 15 is 0 Å². The number of benzene rings is 1. The summed E-state index contributed by atoms with van der Waals surface area (Å²) in [5, 5.41) is 0. The van der Waals surface area contributed by atoms with Gasteiger partial charge >= 0.3 is 77.2 Å². The Hall–Kier alpha value is -0.231. The van der Waals surface area contributed by atoms with Gasteiger partial charge in [0.25, 0.3) is 0 Å². The fourth-order valence-corrected chi connectivity index (χ4v) is 2.52. The Morgan fingerprint density at radius 2 is 2.00 bits per heavy atom. The van der Waals surface area contributed by atoms with Crippen molar-refractivity contribution >= 4 is 33.9 Å². The molecule has 0 saturated carbocycles. The molecule has 0 heterocycles. The third-order valence-electron chi connectivity index (χ3n) is 1.19. The van der Waals surface area contributed by atoms with Crippen molar-refractivity contribution in [3.05, 3.63) is 24.3 Å². The quantitative estimate of drug-likeness (QED) is 0.573. The third kappa shape index (κ3) is 2.37. The van der Waals surface area contributed by atoms with Crippen molar-refractivity contribution < 1.29 is 8.42 Å². The van der Waals surface area contributed by atoms with Crippen LogP contribution in [0.5, 0.6) is 0 Å². The summed E-state index contributed by atoms with van der Waals surface area (Å²) in [6.45, 7) is 0. The van der Waals surface area contributed by atoms with E-state index in [-0.39, 0.29) is 21.1 Å². The van der Waals surface area contributed by atoms with E-state index in [1.54, 1.807) is 18.2 Å². The second kappa shape index (κ2) is 3.02. The standard InChI is InChI=1S/C6H6NO2S.Sn.H/c7-5-2-1-3-6(4-5)10(8)9;;/h1-4H,7H2;;. The summed E-state index contributed by atoms with van der Waals surface area (Å²) in [7, 11) is -2.98. The van der Waals surface area contributed by atoms with E-state index in [9.17, 15) is 8.42 Å². The Bertz CT molecular complexity index is 361. The van der Waals surface area contributed by atoms with Gasteiger partial charge in [-0.05, 0) is 0 Å². The average Bonchev–Trinajstić information content (AvgIpc) is 1.86. The molecule has 1 rings (SSSR count). The molecular weight excluding hydrogens is 269 g/mol. The zero-order valence-corrected chi connectivity index (χ0v) is 9.80. The fraction of sp³-hybridized carbons (Fsp3) is 0. The van der Waals surface area contributed by atoms with E-state index in [1.165, 1.54) is 6.07 Å². The molecule has 2 N–H and O–H groups in total. The third-order valence-corrected chi connectivity index (χ3v) is 4.43. The van der Waals surface area contributed by atoms with Gasteiger partial charge in [0, 0.05) is 0 Å². The van der Waals surface area contributed by atoms with Crippen molar-refractivity contribution in [3.8, 4) is 0 Å². The zero-order chi connectivity index (χ0) is 8.48. The number of anilines is 1. The second-order valence-corrected chi connectivity index (χ2v) is 8.99. The van der Waals surface area contributed by atoms with E-state index in [1.807, 2.05) is 0 Å². The molecule has 11 heavy (non-hydrogen) atoms. The second-order valence-electron chi connectivity index (χ2n) is 2.12. The first kappa shape index (κ1) is 8.86. The van der Waals surface area contributed by atoms with Gasteiger partial charge in [-0.3, -0.25) is 0 Å². The molecule has 1 aromatic carbocycles. The normalized spacial score (nSPS) is 11.4. The molecule has 0 bridgehead atoms. The van der Waals surface area contributed by atoms with Crippen LogP contribution in [0.4, 0.5) is 5.69 Å². The number of nitrogens with two attached hydrogens (primary N) is 1. The SMILES string of the molecule is Nc1cccc([S](=O)(=O)[SnH])c1. The van der Waals surface area contributed by atoms with Crippen molar-refractivity contribution in [1.82, 2.24) is 0 Å². The molecule has 2 radical (unpaired) electrons. The zero-order valence-electron chi connectivity index (χ0n) is 5.69. The molecule has 0 amide bonds. The Labute approximate surface area is 77.1 Å². The van der Waals surface area contributed by atoms with Crippen LogP contribution < -0.4 is 5.73 Å². The Balaban J connectivity index is 3.28. The molecule has 0 saturated heterocycles. The van der Waals surface area contributed by atoms with E-state index in [0.717, 1.165) is 0 Å². The van der Waals surface area contributed by atoms with Gasteiger partial charge in [0.1, 0.15) is 0 Å². The van der Waals surface area contributed by atoms with Crippen LogP contribution in [0.3, 0.4) is 0 Å². The number of hydrogen-bond donors (Lipinski definition) is 1. The van der Waals surface area contributed by atoms with Gasteiger partial charge in [0.15, 0.2) is 0 Å². The molecule has 0 atom stereocenters. The summed E-state index contributed by atoms with van der Waals surface area (Å²) in [4.78, 5) is 0.319. The van der Waals surface area contributed by atoms with Crippen LogP contribution in [0.15, 0.2) is 29.2 Å². The summed E-state index contributed by atoms with van der Waals surface area (Å²) in [6.07, 6.45) is 0. The Kier molecular flexibility index (Phi) is 2.43. The minimum absolute atomic E-state index is 0.196. The van der Waals surface area contributed by atoms with E-state index in [4.69, 9.17) is 5.73 Å². The van der Waals surface area contributed by atoms with E-state index in [2.05, 4.69) is 0 Å². The van der Waals surface area contributed by atoms with Crippen molar-refractivity contribution in [2.24, 2.45) is 0 Å². The molecule has 0 aliphatic rings. The van der Waals surface area contributed by atoms with E-state index < -0.39 is 7.02 Å². The summed E-state index contributed by atoms with van der Waals surface area (Å²) < 4.78 is 22.0. The first-order chi connectivity index (χ1) is 5.00. The number of hydrogen-bond acceptors (Lipinski definition) is 3. The molecule has 0 aliphatic carbocycles. The van der Waals surface area contributed by atoms with Gasteiger partial charge in [0.05, 0.1) is 0 Å². The molecule has 1 aromatic rings. The summed E-state index contributed by atoms with van der Waals surface area (Å²) in [5.41, 5.74) is 5.89.